The zero-order valence-corrected chi connectivity index (χ0v) is 16.8. The van der Waals surface area contributed by atoms with Gasteiger partial charge in [-0.1, -0.05) is 0 Å². The molecule has 0 spiro atoms. The Kier molecular flexibility index (Phi) is 15.6. The second kappa shape index (κ2) is 15.3. The van der Waals surface area contributed by atoms with E-state index >= 15 is 0 Å². The van der Waals surface area contributed by atoms with E-state index in [0.717, 1.165) is 0 Å². The fourth-order valence-corrected chi connectivity index (χ4v) is 8.50. The molecule has 0 aliphatic carbocycles. The molecule has 0 aliphatic heterocycles. The Morgan fingerprint density at radius 3 is 1.00 bits per heavy atom. The molecule has 0 atom stereocenters. The van der Waals surface area contributed by atoms with Gasteiger partial charge in [-0.3, -0.25) is 0 Å². The summed E-state index contributed by atoms with van der Waals surface area (Å²) in [5.74, 6) is 0. The van der Waals surface area contributed by atoms with E-state index in [9.17, 15) is 0 Å². The van der Waals surface area contributed by atoms with Crippen LogP contribution in [0, 0.1) is 0 Å². The van der Waals surface area contributed by atoms with E-state index < -0.39 is 7.26 Å². The van der Waals surface area contributed by atoms with Gasteiger partial charge in [0.05, 0.1) is 0 Å². The average Bonchev–Trinajstić information content (AvgIpc) is 2.51. The zero-order valence-electron chi connectivity index (χ0n) is 15.8. The van der Waals surface area contributed by atoms with Crippen LogP contribution in [0.25, 0.3) is 0 Å². The van der Waals surface area contributed by atoms with E-state index in [1.165, 1.54) is 77.0 Å². The molecular formula is C20H45P. The molecule has 0 aromatic heterocycles. The van der Waals surface area contributed by atoms with Gasteiger partial charge in [-0.15, -0.1) is 0 Å². The van der Waals surface area contributed by atoms with Crippen molar-refractivity contribution in [2.75, 3.05) is 24.6 Å². The average molecular weight is 317 g/mol. The molecule has 0 saturated carbocycles. The Morgan fingerprint density at radius 2 is 0.762 bits per heavy atom. The number of hydrogen-bond acceptors (Lipinski definition) is 0. The number of unbranched alkanes of at least 4 members (excludes halogenated alkanes) is 9. The van der Waals surface area contributed by atoms with E-state index in [1.54, 1.807) is 24.6 Å². The predicted molar refractivity (Wildman–Crippen MR) is 106 cm³/mol. The van der Waals surface area contributed by atoms with E-state index in [1.807, 2.05) is 0 Å². The van der Waals surface area contributed by atoms with Crippen molar-refractivity contribution in [3.63, 3.8) is 0 Å². The Balaban J connectivity index is 4.22. The van der Waals surface area contributed by atoms with Crippen LogP contribution >= 0.6 is 7.26 Å². The minimum absolute atomic E-state index is 0.919. The first kappa shape index (κ1) is 21.4. The summed E-state index contributed by atoms with van der Waals surface area (Å²) in [6, 6.07) is 0. The van der Waals surface area contributed by atoms with Gasteiger partial charge in [-0.2, -0.15) is 0 Å². The van der Waals surface area contributed by atoms with Crippen molar-refractivity contribution in [1.82, 2.24) is 0 Å². The summed E-state index contributed by atoms with van der Waals surface area (Å²) in [5.41, 5.74) is 0. The first-order valence-electron chi connectivity index (χ1n) is 10.2. The molecule has 0 bridgehead atoms. The van der Waals surface area contributed by atoms with E-state index in [2.05, 4.69) is 27.7 Å². The molecule has 0 fully saturated rings. The summed E-state index contributed by atoms with van der Waals surface area (Å²) in [6.07, 6.45) is 24.1. The summed E-state index contributed by atoms with van der Waals surface area (Å²) >= 11 is 0. The molecule has 1 heteroatoms. The van der Waals surface area contributed by atoms with Gasteiger partial charge < -0.3 is 0 Å². The summed E-state index contributed by atoms with van der Waals surface area (Å²) < 4.78 is 0. The monoisotopic (exact) mass is 316 g/mol. The fraction of sp³-hybridized carbons (Fsp3) is 1.00. The zero-order chi connectivity index (χ0) is 15.8. The van der Waals surface area contributed by atoms with Crippen molar-refractivity contribution >= 4 is 7.26 Å². The van der Waals surface area contributed by atoms with Crippen molar-refractivity contribution < 1.29 is 0 Å². The van der Waals surface area contributed by atoms with Crippen LogP contribution in [0.4, 0.5) is 0 Å². The molecule has 0 aromatic carbocycles. The van der Waals surface area contributed by atoms with Crippen LogP contribution in [-0.4, -0.2) is 24.6 Å². The summed E-state index contributed by atoms with van der Waals surface area (Å²) in [5, 5.41) is 0. The van der Waals surface area contributed by atoms with Crippen molar-refractivity contribution in [3.8, 4) is 0 Å². The van der Waals surface area contributed by atoms with Crippen LogP contribution in [-0.2, 0) is 0 Å². The topological polar surface area (TPSA) is 0 Å². The molecule has 0 amide bonds. The molecule has 0 N–H and O–H groups in total. The van der Waals surface area contributed by atoms with Crippen molar-refractivity contribution in [2.24, 2.45) is 0 Å². The van der Waals surface area contributed by atoms with Gasteiger partial charge in [0, 0.05) is 0 Å². The van der Waals surface area contributed by atoms with Crippen molar-refractivity contribution in [2.45, 2.75) is 105 Å². The molecule has 0 heterocycles. The fourth-order valence-electron chi connectivity index (χ4n) is 3.69. The first-order chi connectivity index (χ1) is 10.2. The Morgan fingerprint density at radius 1 is 0.429 bits per heavy atom. The molecule has 0 saturated heterocycles. The molecule has 0 nitrogen and oxygen atoms in total. The number of rotatable bonds is 16. The third-order valence-corrected chi connectivity index (χ3v) is 11.2. The van der Waals surface area contributed by atoms with Crippen molar-refractivity contribution in [3.05, 3.63) is 0 Å². The maximum atomic E-state index is 2.52. The van der Waals surface area contributed by atoms with Gasteiger partial charge in [0.2, 0.25) is 0 Å². The normalized spacial score (nSPS) is 12.8. The second-order valence-corrected chi connectivity index (χ2v) is 12.5. The molecular weight excluding hydrogens is 271 g/mol. The molecule has 0 rings (SSSR count). The molecule has 0 radical (unpaired) electrons. The van der Waals surface area contributed by atoms with Gasteiger partial charge >= 0.3 is 137 Å². The van der Waals surface area contributed by atoms with Crippen LogP contribution in [0.2, 0.25) is 0 Å². The Labute approximate surface area is 137 Å². The standard InChI is InChI=1S/C20H45P/c1-5-9-12-15-18-21(8-4,19-16-13-10-6-2)20-17-14-11-7-3/h21H,5-20H2,1-4H3. The Hall–Kier alpha value is 0.430. The third-order valence-electron chi connectivity index (χ3n) is 5.43. The molecule has 0 unspecified atom stereocenters. The maximum absolute atomic E-state index is 2.52. The van der Waals surface area contributed by atoms with Gasteiger partial charge in [0.1, 0.15) is 0 Å². The Bertz CT molecular complexity index is 169. The van der Waals surface area contributed by atoms with Gasteiger partial charge in [-0.25, -0.2) is 0 Å². The molecule has 0 aliphatic rings. The van der Waals surface area contributed by atoms with E-state index in [-0.39, 0.29) is 0 Å². The van der Waals surface area contributed by atoms with Crippen LogP contribution in [0.15, 0.2) is 0 Å². The molecule has 130 valence electrons. The van der Waals surface area contributed by atoms with Crippen LogP contribution in [0.5, 0.6) is 0 Å². The van der Waals surface area contributed by atoms with Gasteiger partial charge in [0.25, 0.3) is 0 Å². The molecule has 21 heavy (non-hydrogen) atoms. The van der Waals surface area contributed by atoms with Crippen molar-refractivity contribution in [1.29, 1.82) is 0 Å². The summed E-state index contributed by atoms with van der Waals surface area (Å²) in [4.78, 5) is 0. The summed E-state index contributed by atoms with van der Waals surface area (Å²) in [6.45, 7) is 9.52. The third kappa shape index (κ3) is 11.6. The number of hydrogen-bond donors (Lipinski definition) is 0. The van der Waals surface area contributed by atoms with Crippen LogP contribution in [0.1, 0.15) is 105 Å². The summed E-state index contributed by atoms with van der Waals surface area (Å²) in [7, 11) is -0.919. The van der Waals surface area contributed by atoms with Crippen LogP contribution < -0.4 is 0 Å². The quantitative estimate of drug-likeness (QED) is 0.204. The van der Waals surface area contributed by atoms with Gasteiger partial charge in [-0.05, 0) is 0 Å². The van der Waals surface area contributed by atoms with Gasteiger partial charge in [0.15, 0.2) is 0 Å². The SMILES string of the molecule is CCCCCC[PH](CC)(CCCCCC)CCCCCC. The van der Waals surface area contributed by atoms with E-state index in [0.29, 0.717) is 0 Å². The predicted octanol–water partition coefficient (Wildman–Crippen LogP) is 7.50. The van der Waals surface area contributed by atoms with E-state index in [4.69, 9.17) is 0 Å². The second-order valence-electron chi connectivity index (χ2n) is 7.29. The van der Waals surface area contributed by atoms with Crippen LogP contribution in [0.3, 0.4) is 0 Å². The first-order valence-corrected chi connectivity index (χ1v) is 13.1. The molecule has 0 aromatic rings. The minimum atomic E-state index is -0.919.